The number of hydrogen-bond acceptors (Lipinski definition) is 5. The second-order valence-electron chi connectivity index (χ2n) is 6.95. The van der Waals surface area contributed by atoms with Crippen LogP contribution >= 0.6 is 24.2 Å². The fraction of sp³-hybridized carbons (Fsp3) is 0.318. The molecule has 0 bridgehead atoms. The number of aryl methyl sites for hydroxylation is 2. The predicted octanol–water partition coefficient (Wildman–Crippen LogP) is 4.86. The van der Waals surface area contributed by atoms with Crippen LogP contribution in [-0.4, -0.2) is 45.4 Å². The van der Waals surface area contributed by atoms with E-state index in [1.807, 2.05) is 47.9 Å². The maximum atomic E-state index is 13.3. The Morgan fingerprint density at radius 1 is 1.21 bits per heavy atom. The van der Waals surface area contributed by atoms with E-state index in [1.54, 1.807) is 6.20 Å². The minimum Gasteiger partial charge on any atom is -0.354 e. The van der Waals surface area contributed by atoms with Gasteiger partial charge in [0.2, 0.25) is 0 Å². The molecule has 7 heteroatoms. The molecule has 1 amide bonds. The Hall–Kier alpha value is -2.31. The summed E-state index contributed by atoms with van der Waals surface area (Å²) in [5.41, 5.74) is 5.17. The summed E-state index contributed by atoms with van der Waals surface area (Å²) in [6.07, 6.45) is 2.63. The Labute approximate surface area is 181 Å². The van der Waals surface area contributed by atoms with Crippen molar-refractivity contribution in [2.24, 2.45) is 0 Å². The summed E-state index contributed by atoms with van der Waals surface area (Å²) in [6.45, 7) is 5.64. The van der Waals surface area contributed by atoms with Crippen molar-refractivity contribution in [2.45, 2.75) is 20.3 Å². The molecular weight excluding hydrogens is 404 g/mol. The largest absolute Gasteiger partial charge is 0.354 e. The lowest BCUT2D eigenvalue weighted by atomic mass is 10.1. The van der Waals surface area contributed by atoms with Crippen molar-refractivity contribution in [1.82, 2.24) is 14.9 Å². The summed E-state index contributed by atoms with van der Waals surface area (Å²) in [5.74, 6) is 1.99. The molecule has 0 spiro atoms. The maximum Gasteiger partial charge on any atom is 0.257 e. The van der Waals surface area contributed by atoms with Gasteiger partial charge in [-0.05, 0) is 43.2 Å². The molecule has 0 atom stereocenters. The average molecular weight is 429 g/mol. The van der Waals surface area contributed by atoms with Crippen molar-refractivity contribution >= 4 is 52.5 Å². The van der Waals surface area contributed by atoms with Crippen molar-refractivity contribution in [3.05, 3.63) is 59.4 Å². The van der Waals surface area contributed by atoms with Crippen molar-refractivity contribution in [3.63, 3.8) is 0 Å². The van der Waals surface area contributed by atoms with Gasteiger partial charge in [0.25, 0.3) is 5.91 Å². The zero-order valence-electron chi connectivity index (χ0n) is 16.6. The molecule has 0 unspecified atom stereocenters. The molecule has 5 nitrogen and oxygen atoms in total. The zero-order chi connectivity index (χ0) is 19.5. The van der Waals surface area contributed by atoms with E-state index in [9.17, 15) is 4.79 Å². The third-order valence-corrected chi connectivity index (χ3v) is 5.94. The Balaban J connectivity index is 0.00000240. The van der Waals surface area contributed by atoms with Crippen LogP contribution in [0.15, 0.2) is 42.6 Å². The van der Waals surface area contributed by atoms with E-state index in [1.165, 1.54) is 5.56 Å². The number of hydrogen-bond donors (Lipinski definition) is 1. The molecule has 1 aromatic carbocycles. The summed E-state index contributed by atoms with van der Waals surface area (Å²) in [6, 6.07) is 12.3. The van der Waals surface area contributed by atoms with Gasteiger partial charge in [0.1, 0.15) is 0 Å². The normalized spacial score (nSPS) is 13.8. The smallest absolute Gasteiger partial charge is 0.257 e. The third kappa shape index (κ3) is 4.65. The molecule has 0 aliphatic carbocycles. The van der Waals surface area contributed by atoms with Crippen LogP contribution in [0.25, 0.3) is 11.0 Å². The molecule has 1 aliphatic heterocycles. The van der Waals surface area contributed by atoms with E-state index in [2.05, 4.69) is 34.3 Å². The molecule has 1 aliphatic rings. The SMILES string of the molecule is CCc1cccc(Nc2c(C(=O)N3CCSCC3)cnc3nc(C)ccc23)c1.Cl. The van der Waals surface area contributed by atoms with Gasteiger partial charge in [0.05, 0.1) is 11.3 Å². The van der Waals surface area contributed by atoms with Gasteiger partial charge in [-0.1, -0.05) is 19.1 Å². The molecule has 1 fully saturated rings. The summed E-state index contributed by atoms with van der Waals surface area (Å²) in [7, 11) is 0. The molecule has 3 heterocycles. The van der Waals surface area contributed by atoms with Crippen LogP contribution in [0.4, 0.5) is 11.4 Å². The van der Waals surface area contributed by atoms with E-state index in [4.69, 9.17) is 0 Å². The fourth-order valence-electron chi connectivity index (χ4n) is 3.42. The van der Waals surface area contributed by atoms with Gasteiger partial charge in [-0.25, -0.2) is 9.97 Å². The number of nitrogens with zero attached hydrogens (tertiary/aromatic N) is 3. The van der Waals surface area contributed by atoms with Crippen LogP contribution in [0.1, 0.15) is 28.5 Å². The Kier molecular flexibility index (Phi) is 6.98. The van der Waals surface area contributed by atoms with Crippen molar-refractivity contribution < 1.29 is 4.79 Å². The highest BCUT2D eigenvalue weighted by Gasteiger charge is 2.23. The highest BCUT2D eigenvalue weighted by atomic mass is 35.5. The molecule has 1 saturated heterocycles. The van der Waals surface area contributed by atoms with Gasteiger partial charge in [0.15, 0.2) is 5.65 Å². The van der Waals surface area contributed by atoms with Crippen LogP contribution in [0, 0.1) is 6.92 Å². The van der Waals surface area contributed by atoms with Gasteiger partial charge in [-0.15, -0.1) is 12.4 Å². The van der Waals surface area contributed by atoms with Gasteiger partial charge in [-0.2, -0.15) is 11.8 Å². The van der Waals surface area contributed by atoms with Crippen LogP contribution < -0.4 is 5.32 Å². The lowest BCUT2D eigenvalue weighted by molar-refractivity contribution is 0.0773. The number of anilines is 2. The van der Waals surface area contributed by atoms with E-state index in [0.29, 0.717) is 11.2 Å². The standard InChI is InChI=1S/C22H24N4OS.ClH/c1-3-16-5-4-6-17(13-16)25-20-18-8-7-15(2)24-21(18)23-14-19(20)22(27)26-9-11-28-12-10-26;/h4-8,13-14H,3,9-12H2,1-2H3,(H,23,24,25);1H. The quantitative estimate of drug-likeness (QED) is 0.643. The lowest BCUT2D eigenvalue weighted by Crippen LogP contribution is -2.38. The highest BCUT2D eigenvalue weighted by molar-refractivity contribution is 7.99. The molecule has 4 rings (SSSR count). The van der Waals surface area contributed by atoms with Gasteiger partial charge in [0, 0.05) is 47.6 Å². The van der Waals surface area contributed by atoms with Crippen LogP contribution in [0.2, 0.25) is 0 Å². The number of fused-ring (bicyclic) bond motifs is 1. The lowest BCUT2D eigenvalue weighted by Gasteiger charge is -2.27. The molecule has 0 saturated carbocycles. The number of benzene rings is 1. The predicted molar refractivity (Wildman–Crippen MR) is 124 cm³/mol. The number of halogens is 1. The minimum absolute atomic E-state index is 0. The second kappa shape index (κ2) is 9.46. The molecule has 1 N–H and O–H groups in total. The van der Waals surface area contributed by atoms with Gasteiger partial charge in [-0.3, -0.25) is 4.79 Å². The number of carbonyl (C=O) groups excluding carboxylic acids is 1. The second-order valence-corrected chi connectivity index (χ2v) is 8.18. The minimum atomic E-state index is 0. The molecule has 0 radical (unpaired) electrons. The van der Waals surface area contributed by atoms with Crippen LogP contribution in [-0.2, 0) is 6.42 Å². The monoisotopic (exact) mass is 428 g/mol. The first-order chi connectivity index (χ1) is 13.7. The first-order valence-electron chi connectivity index (χ1n) is 9.65. The van der Waals surface area contributed by atoms with E-state index in [-0.39, 0.29) is 18.3 Å². The molecule has 2 aromatic heterocycles. The number of nitrogens with one attached hydrogen (secondary N) is 1. The Morgan fingerprint density at radius 3 is 2.76 bits per heavy atom. The van der Waals surface area contributed by atoms with E-state index >= 15 is 0 Å². The van der Waals surface area contributed by atoms with E-state index < -0.39 is 0 Å². The van der Waals surface area contributed by atoms with Crippen LogP contribution in [0.3, 0.4) is 0 Å². The first-order valence-corrected chi connectivity index (χ1v) is 10.8. The Morgan fingerprint density at radius 2 is 2.00 bits per heavy atom. The molecule has 29 heavy (non-hydrogen) atoms. The first kappa shape index (κ1) is 21.4. The third-order valence-electron chi connectivity index (χ3n) is 5.00. The molecule has 152 valence electrons. The van der Waals surface area contributed by atoms with Crippen LogP contribution in [0.5, 0.6) is 0 Å². The molecular formula is C22H25ClN4OS. The number of carbonyl (C=O) groups is 1. The van der Waals surface area contributed by atoms with Gasteiger partial charge >= 0.3 is 0 Å². The summed E-state index contributed by atoms with van der Waals surface area (Å²) in [4.78, 5) is 24.2. The topological polar surface area (TPSA) is 58.1 Å². The number of aromatic nitrogens is 2. The van der Waals surface area contributed by atoms with Crippen molar-refractivity contribution in [2.75, 3.05) is 29.9 Å². The number of rotatable bonds is 4. The Bertz CT molecular complexity index is 1020. The highest BCUT2D eigenvalue weighted by Crippen LogP contribution is 2.30. The summed E-state index contributed by atoms with van der Waals surface area (Å²) in [5, 5.41) is 4.36. The number of pyridine rings is 2. The van der Waals surface area contributed by atoms with Crippen molar-refractivity contribution in [1.29, 1.82) is 0 Å². The number of amides is 1. The summed E-state index contributed by atoms with van der Waals surface area (Å²) < 4.78 is 0. The molecule has 3 aromatic rings. The average Bonchev–Trinajstić information content (AvgIpc) is 2.74. The van der Waals surface area contributed by atoms with E-state index in [0.717, 1.165) is 53.5 Å². The zero-order valence-corrected chi connectivity index (χ0v) is 18.3. The fourth-order valence-corrected chi connectivity index (χ4v) is 4.32. The summed E-state index contributed by atoms with van der Waals surface area (Å²) >= 11 is 1.89. The van der Waals surface area contributed by atoms with Gasteiger partial charge < -0.3 is 10.2 Å². The number of thioether (sulfide) groups is 1. The maximum absolute atomic E-state index is 13.3. The van der Waals surface area contributed by atoms with Crippen molar-refractivity contribution in [3.8, 4) is 0 Å².